The second-order valence-electron chi connectivity index (χ2n) is 4.21. The molecule has 8 heteroatoms. The summed E-state index contributed by atoms with van der Waals surface area (Å²) in [6.07, 6.45) is 1.05. The number of rotatable bonds is 7. The Morgan fingerprint density at radius 2 is 2.05 bits per heavy atom. The molecule has 0 unspecified atom stereocenters. The quantitative estimate of drug-likeness (QED) is 0.693. The summed E-state index contributed by atoms with van der Waals surface area (Å²) >= 11 is 0. The molecule has 0 bridgehead atoms. The van der Waals surface area contributed by atoms with Crippen molar-refractivity contribution >= 4 is 21.6 Å². The number of nitrogens with two attached hydrogens (primary N) is 1. The molecule has 0 heterocycles. The number of anilines is 1. The Morgan fingerprint density at radius 3 is 2.60 bits per heavy atom. The second kappa shape index (κ2) is 7.20. The molecule has 0 aromatic heterocycles. The van der Waals surface area contributed by atoms with Crippen LogP contribution in [0.25, 0.3) is 0 Å². The number of benzene rings is 1. The lowest BCUT2D eigenvalue weighted by Gasteiger charge is -2.08. The maximum atomic E-state index is 13.6. The van der Waals surface area contributed by atoms with Crippen molar-refractivity contribution in [1.29, 1.82) is 0 Å². The van der Waals surface area contributed by atoms with Gasteiger partial charge in [0.25, 0.3) is 0 Å². The number of hydrogen-bond acceptors (Lipinski definition) is 4. The summed E-state index contributed by atoms with van der Waals surface area (Å²) in [6, 6.07) is 3.33. The van der Waals surface area contributed by atoms with Gasteiger partial charge in [-0.05, 0) is 24.6 Å². The van der Waals surface area contributed by atoms with Gasteiger partial charge in [0.05, 0.1) is 10.6 Å². The van der Waals surface area contributed by atoms with E-state index in [1.807, 2.05) is 6.92 Å². The normalized spacial score (nSPS) is 11.2. The Kier molecular flexibility index (Phi) is 5.90. The van der Waals surface area contributed by atoms with Crippen molar-refractivity contribution in [2.75, 3.05) is 18.4 Å². The Bertz CT molecular complexity index is 575. The molecule has 0 aliphatic carbocycles. The Labute approximate surface area is 117 Å². The Balaban J connectivity index is 2.55. The lowest BCUT2D eigenvalue weighted by Crippen LogP contribution is -2.26. The zero-order valence-corrected chi connectivity index (χ0v) is 12.0. The van der Waals surface area contributed by atoms with Gasteiger partial charge in [0, 0.05) is 19.5 Å². The summed E-state index contributed by atoms with van der Waals surface area (Å²) in [5.41, 5.74) is 0.126. The molecule has 0 spiro atoms. The van der Waals surface area contributed by atoms with Crippen molar-refractivity contribution in [2.45, 2.75) is 24.7 Å². The van der Waals surface area contributed by atoms with Crippen LogP contribution in [0.15, 0.2) is 23.1 Å². The first kappa shape index (κ1) is 16.4. The predicted octanol–water partition coefficient (Wildman–Crippen LogP) is 0.801. The number of carbonyl (C=O) groups is 1. The third-order valence-electron chi connectivity index (χ3n) is 2.51. The van der Waals surface area contributed by atoms with Gasteiger partial charge in [-0.2, -0.15) is 0 Å². The van der Waals surface area contributed by atoms with Gasteiger partial charge < -0.3 is 10.6 Å². The lowest BCUT2D eigenvalue weighted by molar-refractivity contribution is -0.120. The van der Waals surface area contributed by atoms with Gasteiger partial charge in [-0.15, -0.1) is 0 Å². The van der Waals surface area contributed by atoms with Crippen LogP contribution in [0.1, 0.15) is 19.8 Å². The minimum Gasteiger partial charge on any atom is -0.382 e. The highest BCUT2D eigenvalue weighted by Crippen LogP contribution is 2.17. The third-order valence-corrected chi connectivity index (χ3v) is 3.42. The first-order valence-corrected chi connectivity index (χ1v) is 7.72. The zero-order valence-electron chi connectivity index (χ0n) is 11.1. The molecule has 1 aromatic carbocycles. The third kappa shape index (κ3) is 5.14. The molecule has 20 heavy (non-hydrogen) atoms. The predicted molar refractivity (Wildman–Crippen MR) is 74.2 cm³/mol. The van der Waals surface area contributed by atoms with Crippen LogP contribution < -0.4 is 15.8 Å². The molecular weight excluding hydrogens is 285 g/mol. The molecule has 6 nitrogen and oxygen atoms in total. The number of amides is 1. The van der Waals surface area contributed by atoms with Crippen LogP contribution in [-0.2, 0) is 14.8 Å². The van der Waals surface area contributed by atoms with Crippen LogP contribution in [0.4, 0.5) is 10.1 Å². The van der Waals surface area contributed by atoms with E-state index in [9.17, 15) is 17.6 Å². The smallest absolute Gasteiger partial charge is 0.238 e. The van der Waals surface area contributed by atoms with Crippen LogP contribution >= 0.6 is 0 Å². The highest BCUT2D eigenvalue weighted by Gasteiger charge is 2.11. The van der Waals surface area contributed by atoms with Crippen molar-refractivity contribution in [2.24, 2.45) is 5.14 Å². The van der Waals surface area contributed by atoms with Gasteiger partial charge in [-0.25, -0.2) is 17.9 Å². The summed E-state index contributed by atoms with van der Waals surface area (Å²) in [5, 5.41) is 10.3. The molecule has 1 aromatic rings. The van der Waals surface area contributed by atoms with Crippen LogP contribution in [0, 0.1) is 5.82 Å². The summed E-state index contributed by atoms with van der Waals surface area (Å²) in [7, 11) is -3.92. The van der Waals surface area contributed by atoms with E-state index >= 15 is 0 Å². The van der Waals surface area contributed by atoms with E-state index in [1.54, 1.807) is 0 Å². The van der Waals surface area contributed by atoms with Gasteiger partial charge in [-0.1, -0.05) is 6.92 Å². The number of carbonyl (C=O) groups excluding carboxylic acids is 1. The maximum Gasteiger partial charge on any atom is 0.238 e. The lowest BCUT2D eigenvalue weighted by atomic mass is 10.3. The first-order valence-electron chi connectivity index (χ1n) is 6.17. The van der Waals surface area contributed by atoms with Crippen LogP contribution in [-0.4, -0.2) is 27.4 Å². The number of primary sulfonamides is 1. The molecule has 0 saturated carbocycles. The molecule has 1 amide bonds. The molecule has 4 N–H and O–H groups in total. The van der Waals surface area contributed by atoms with Crippen molar-refractivity contribution in [3.8, 4) is 0 Å². The fourth-order valence-corrected chi connectivity index (χ4v) is 2.01. The molecule has 0 aliphatic rings. The number of halogens is 1. The number of sulfonamides is 1. The molecule has 0 aliphatic heterocycles. The highest BCUT2D eigenvalue weighted by atomic mass is 32.2. The maximum absolute atomic E-state index is 13.6. The largest absolute Gasteiger partial charge is 0.382 e. The van der Waals surface area contributed by atoms with Crippen molar-refractivity contribution in [3.63, 3.8) is 0 Å². The first-order chi connectivity index (χ1) is 9.34. The number of hydrogen-bond donors (Lipinski definition) is 3. The average molecular weight is 303 g/mol. The van der Waals surface area contributed by atoms with E-state index in [2.05, 4.69) is 10.6 Å². The fraction of sp³-hybridized carbons (Fsp3) is 0.417. The van der Waals surface area contributed by atoms with Crippen molar-refractivity contribution in [1.82, 2.24) is 5.32 Å². The molecule has 1 rings (SSSR count). The monoisotopic (exact) mass is 303 g/mol. The van der Waals surface area contributed by atoms with Crippen LogP contribution in [0.5, 0.6) is 0 Å². The van der Waals surface area contributed by atoms with Crippen molar-refractivity contribution in [3.05, 3.63) is 24.0 Å². The van der Waals surface area contributed by atoms with Gasteiger partial charge in [-0.3, -0.25) is 4.79 Å². The van der Waals surface area contributed by atoms with Crippen molar-refractivity contribution < 1.29 is 17.6 Å². The van der Waals surface area contributed by atoms with Gasteiger partial charge in [0.1, 0.15) is 5.82 Å². The van der Waals surface area contributed by atoms with Gasteiger partial charge in [0.15, 0.2) is 0 Å². The van der Waals surface area contributed by atoms with E-state index in [-0.39, 0.29) is 29.5 Å². The summed E-state index contributed by atoms with van der Waals surface area (Å²) < 4.78 is 35.7. The minimum absolute atomic E-state index is 0.124. The van der Waals surface area contributed by atoms with E-state index in [0.717, 1.165) is 12.5 Å². The van der Waals surface area contributed by atoms with Gasteiger partial charge in [0.2, 0.25) is 15.9 Å². The highest BCUT2D eigenvalue weighted by molar-refractivity contribution is 7.89. The zero-order chi connectivity index (χ0) is 15.2. The van der Waals surface area contributed by atoms with E-state index in [4.69, 9.17) is 5.14 Å². The number of nitrogens with one attached hydrogen (secondary N) is 2. The summed E-state index contributed by atoms with van der Waals surface area (Å²) in [5.74, 6) is -0.855. The summed E-state index contributed by atoms with van der Waals surface area (Å²) in [4.78, 5) is 11.0. The average Bonchev–Trinajstić information content (AvgIpc) is 2.37. The van der Waals surface area contributed by atoms with Crippen LogP contribution in [0.3, 0.4) is 0 Å². The molecule has 0 radical (unpaired) electrons. The van der Waals surface area contributed by atoms with E-state index < -0.39 is 15.8 Å². The summed E-state index contributed by atoms with van der Waals surface area (Å²) in [6.45, 7) is 2.80. The molecular formula is C12H18FN3O3S. The molecule has 112 valence electrons. The second-order valence-corrected chi connectivity index (χ2v) is 5.77. The molecule has 0 fully saturated rings. The standard InChI is InChI=1S/C12H18FN3O3S/c1-2-6-16-12(17)5-7-15-11-4-3-9(8-10(11)13)20(14,18)19/h3-4,8,15H,2,5-7H2,1H3,(H,16,17)(H2,14,18,19). The van der Waals surface area contributed by atoms with E-state index in [1.165, 1.54) is 12.1 Å². The molecule has 0 atom stereocenters. The minimum atomic E-state index is -3.92. The Morgan fingerprint density at radius 1 is 1.35 bits per heavy atom. The topological polar surface area (TPSA) is 101 Å². The fourth-order valence-electron chi connectivity index (χ4n) is 1.48. The van der Waals surface area contributed by atoms with Crippen LogP contribution in [0.2, 0.25) is 0 Å². The molecule has 0 saturated heterocycles. The van der Waals surface area contributed by atoms with Gasteiger partial charge >= 0.3 is 0 Å². The van der Waals surface area contributed by atoms with E-state index in [0.29, 0.717) is 6.54 Å². The Hall–Kier alpha value is -1.67. The SMILES string of the molecule is CCCNC(=O)CCNc1ccc(S(N)(=O)=O)cc1F.